The first-order valence-corrected chi connectivity index (χ1v) is 6.06. The van der Waals surface area contributed by atoms with Crippen LogP contribution in [0.25, 0.3) is 0 Å². The van der Waals surface area contributed by atoms with Crippen LogP contribution in [0.2, 0.25) is 0 Å². The Morgan fingerprint density at radius 3 is 2.89 bits per heavy atom. The predicted molar refractivity (Wildman–Crippen MR) is 70.8 cm³/mol. The van der Waals surface area contributed by atoms with Crippen molar-refractivity contribution in [2.24, 2.45) is 5.73 Å². The summed E-state index contributed by atoms with van der Waals surface area (Å²) in [6.45, 7) is 2.19. The van der Waals surface area contributed by atoms with E-state index in [1.54, 1.807) is 13.0 Å². The van der Waals surface area contributed by atoms with E-state index in [2.05, 4.69) is 5.32 Å². The lowest BCUT2D eigenvalue weighted by molar-refractivity contribution is -0.127. The van der Waals surface area contributed by atoms with Crippen molar-refractivity contribution in [3.8, 4) is 5.75 Å². The molecule has 2 amide bonds. The van der Waals surface area contributed by atoms with Crippen molar-refractivity contribution >= 4 is 17.5 Å². The van der Waals surface area contributed by atoms with Gasteiger partial charge < -0.3 is 15.8 Å². The molecular formula is C13H17N3O3. The number of nitrogens with one attached hydrogen (secondary N) is 1. The molecule has 1 aliphatic rings. The van der Waals surface area contributed by atoms with E-state index in [0.717, 1.165) is 5.56 Å². The number of nitrogens with two attached hydrogens (primary N) is 1. The van der Waals surface area contributed by atoms with Gasteiger partial charge in [-0.15, -0.1) is 0 Å². The molecule has 0 spiro atoms. The lowest BCUT2D eigenvalue weighted by Gasteiger charge is -2.32. The van der Waals surface area contributed by atoms with Crippen LogP contribution in [0.15, 0.2) is 18.2 Å². The van der Waals surface area contributed by atoms with E-state index in [9.17, 15) is 9.59 Å². The molecule has 0 aromatic heterocycles. The Balaban J connectivity index is 2.41. The Morgan fingerprint density at radius 2 is 2.26 bits per heavy atom. The van der Waals surface area contributed by atoms with Crippen LogP contribution in [-0.2, 0) is 16.1 Å². The second-order valence-electron chi connectivity index (χ2n) is 4.48. The molecule has 1 aromatic carbocycles. The maximum Gasteiger partial charge on any atom is 0.268 e. The monoisotopic (exact) mass is 263 g/mol. The molecular weight excluding hydrogens is 246 g/mol. The molecule has 102 valence electrons. The fourth-order valence-corrected chi connectivity index (χ4v) is 2.09. The molecule has 0 radical (unpaired) electrons. The van der Waals surface area contributed by atoms with Crippen LogP contribution in [0.4, 0.5) is 5.69 Å². The number of hydrogen-bond donors (Lipinski definition) is 2. The van der Waals surface area contributed by atoms with Gasteiger partial charge in [-0.25, -0.2) is 0 Å². The van der Waals surface area contributed by atoms with Crippen LogP contribution < -0.4 is 20.7 Å². The summed E-state index contributed by atoms with van der Waals surface area (Å²) in [6.07, 6.45) is -0.609. The van der Waals surface area contributed by atoms with Crippen LogP contribution in [0.3, 0.4) is 0 Å². The number of fused-ring (bicyclic) bond motifs is 1. The van der Waals surface area contributed by atoms with Crippen molar-refractivity contribution in [2.75, 3.05) is 18.5 Å². The van der Waals surface area contributed by atoms with Gasteiger partial charge in [0.1, 0.15) is 12.3 Å². The number of amides is 2. The molecule has 2 rings (SSSR count). The number of carbonyl (C=O) groups is 2. The molecule has 0 saturated carbocycles. The molecule has 0 fully saturated rings. The molecule has 6 heteroatoms. The van der Waals surface area contributed by atoms with Gasteiger partial charge in [0.15, 0.2) is 6.10 Å². The van der Waals surface area contributed by atoms with Crippen molar-refractivity contribution in [1.29, 1.82) is 0 Å². The first-order valence-electron chi connectivity index (χ1n) is 6.06. The van der Waals surface area contributed by atoms with Crippen molar-refractivity contribution < 1.29 is 14.3 Å². The summed E-state index contributed by atoms with van der Waals surface area (Å²) in [6, 6.07) is 5.55. The Kier molecular flexibility index (Phi) is 3.71. The van der Waals surface area contributed by atoms with E-state index in [1.807, 2.05) is 19.2 Å². The predicted octanol–water partition coefficient (Wildman–Crippen LogP) is 0.00520. The van der Waals surface area contributed by atoms with Crippen LogP contribution >= 0.6 is 0 Å². The molecule has 1 unspecified atom stereocenters. The van der Waals surface area contributed by atoms with E-state index in [0.29, 0.717) is 18.0 Å². The third-order valence-electron chi connectivity index (χ3n) is 2.93. The van der Waals surface area contributed by atoms with Crippen molar-refractivity contribution in [3.63, 3.8) is 0 Å². The van der Waals surface area contributed by atoms with Crippen LogP contribution in [0.5, 0.6) is 5.75 Å². The number of carbonyl (C=O) groups excluding carboxylic acids is 2. The fourth-order valence-electron chi connectivity index (χ4n) is 2.09. The zero-order chi connectivity index (χ0) is 14.0. The first-order chi connectivity index (χ1) is 9.02. The lowest BCUT2D eigenvalue weighted by atomic mass is 10.1. The summed E-state index contributed by atoms with van der Waals surface area (Å²) >= 11 is 0. The van der Waals surface area contributed by atoms with Gasteiger partial charge in [-0.3, -0.25) is 14.5 Å². The minimum Gasteiger partial charge on any atom is -0.479 e. The zero-order valence-corrected chi connectivity index (χ0v) is 11.0. The quantitative estimate of drug-likeness (QED) is 0.801. The van der Waals surface area contributed by atoms with Gasteiger partial charge in [0.05, 0.1) is 5.69 Å². The number of rotatable bonds is 4. The number of ether oxygens (including phenoxy) is 1. The van der Waals surface area contributed by atoms with Gasteiger partial charge in [0.2, 0.25) is 5.91 Å². The minimum absolute atomic E-state index is 0.136. The van der Waals surface area contributed by atoms with Crippen molar-refractivity contribution in [3.05, 3.63) is 23.8 Å². The summed E-state index contributed by atoms with van der Waals surface area (Å²) in [4.78, 5) is 24.6. The minimum atomic E-state index is -0.609. The largest absolute Gasteiger partial charge is 0.479 e. The Morgan fingerprint density at radius 1 is 1.53 bits per heavy atom. The third kappa shape index (κ3) is 2.68. The van der Waals surface area contributed by atoms with Crippen LogP contribution in [-0.4, -0.2) is 31.5 Å². The maximum atomic E-state index is 12.1. The van der Waals surface area contributed by atoms with E-state index >= 15 is 0 Å². The molecule has 1 atom stereocenters. The Hall–Kier alpha value is -2.08. The molecule has 1 aromatic rings. The molecule has 19 heavy (non-hydrogen) atoms. The molecule has 1 heterocycles. The summed E-state index contributed by atoms with van der Waals surface area (Å²) in [5.41, 5.74) is 6.79. The number of anilines is 1. The molecule has 0 saturated heterocycles. The number of benzene rings is 1. The number of hydrogen-bond acceptors (Lipinski definition) is 4. The zero-order valence-electron chi connectivity index (χ0n) is 11.0. The first kappa shape index (κ1) is 13.4. The highest BCUT2D eigenvalue weighted by Gasteiger charge is 2.32. The lowest BCUT2D eigenvalue weighted by Crippen LogP contribution is -2.48. The van der Waals surface area contributed by atoms with Gasteiger partial charge >= 0.3 is 0 Å². The second-order valence-corrected chi connectivity index (χ2v) is 4.48. The van der Waals surface area contributed by atoms with E-state index in [-0.39, 0.29) is 12.5 Å². The highest BCUT2D eigenvalue weighted by Crippen LogP contribution is 2.34. The van der Waals surface area contributed by atoms with Gasteiger partial charge in [-0.2, -0.15) is 0 Å². The van der Waals surface area contributed by atoms with Crippen LogP contribution in [0, 0.1) is 0 Å². The van der Waals surface area contributed by atoms with Gasteiger partial charge in [0.25, 0.3) is 5.91 Å². The van der Waals surface area contributed by atoms with Crippen molar-refractivity contribution in [2.45, 2.75) is 19.6 Å². The van der Waals surface area contributed by atoms with Gasteiger partial charge in [0, 0.05) is 6.54 Å². The Labute approximate surface area is 111 Å². The average molecular weight is 263 g/mol. The van der Waals surface area contributed by atoms with E-state index in [4.69, 9.17) is 10.5 Å². The normalized spacial score (nSPS) is 17.9. The highest BCUT2D eigenvalue weighted by atomic mass is 16.5. The van der Waals surface area contributed by atoms with E-state index < -0.39 is 12.0 Å². The van der Waals surface area contributed by atoms with Gasteiger partial charge in [-0.1, -0.05) is 6.07 Å². The summed E-state index contributed by atoms with van der Waals surface area (Å²) < 4.78 is 5.53. The topological polar surface area (TPSA) is 84.7 Å². The SMILES string of the molecule is CNCc1ccc2c(c1)N(CC(N)=O)C(=O)C(C)O2. The smallest absolute Gasteiger partial charge is 0.268 e. The highest BCUT2D eigenvalue weighted by molar-refractivity contribution is 6.03. The molecule has 6 nitrogen and oxygen atoms in total. The molecule has 0 bridgehead atoms. The summed E-state index contributed by atoms with van der Waals surface area (Å²) in [5.74, 6) is -0.214. The number of nitrogens with zero attached hydrogens (tertiary/aromatic N) is 1. The summed E-state index contributed by atoms with van der Waals surface area (Å²) in [5, 5.41) is 3.03. The summed E-state index contributed by atoms with van der Waals surface area (Å²) in [7, 11) is 1.84. The van der Waals surface area contributed by atoms with Gasteiger partial charge in [-0.05, 0) is 31.7 Å². The number of primary amides is 1. The fraction of sp³-hybridized carbons (Fsp3) is 0.385. The average Bonchev–Trinajstić information content (AvgIpc) is 2.36. The van der Waals surface area contributed by atoms with Crippen molar-refractivity contribution in [1.82, 2.24) is 5.32 Å². The second kappa shape index (κ2) is 5.27. The van der Waals surface area contributed by atoms with E-state index in [1.165, 1.54) is 4.90 Å². The van der Waals surface area contributed by atoms with Crippen LogP contribution in [0.1, 0.15) is 12.5 Å². The third-order valence-corrected chi connectivity index (χ3v) is 2.93. The maximum absolute atomic E-state index is 12.1. The standard InChI is InChI=1S/C13H17N3O3/c1-8-13(18)16(7-12(14)17)10-5-9(6-15-2)3-4-11(10)19-8/h3-5,8,15H,6-7H2,1-2H3,(H2,14,17). The molecule has 0 aliphatic carbocycles. The Bertz CT molecular complexity index is 516. The molecule has 1 aliphatic heterocycles. The molecule has 3 N–H and O–H groups in total.